The average Bonchev–Trinajstić information content (AvgIpc) is 3.16. The molecule has 0 aliphatic carbocycles. The maximum absolute atomic E-state index is 13.8. The molecule has 4 rings (SSSR count). The fourth-order valence-electron chi connectivity index (χ4n) is 3.09. The van der Waals surface area contributed by atoms with Crippen molar-refractivity contribution in [2.75, 3.05) is 18.6 Å². The summed E-state index contributed by atoms with van der Waals surface area (Å²) in [5.74, 6) is 0.990. The van der Waals surface area contributed by atoms with E-state index in [1.807, 2.05) is 30.3 Å². The molecule has 1 unspecified atom stereocenters. The Bertz CT molecular complexity index is 898. The van der Waals surface area contributed by atoms with Crippen LogP contribution in [0.1, 0.15) is 24.2 Å². The van der Waals surface area contributed by atoms with Gasteiger partial charge in [-0.2, -0.15) is 9.49 Å². The second kappa shape index (κ2) is 6.12. The largest absolute Gasteiger partial charge is 0.496 e. The van der Waals surface area contributed by atoms with E-state index >= 15 is 0 Å². The van der Waals surface area contributed by atoms with Gasteiger partial charge in [-0.25, -0.2) is 19.6 Å². The molecule has 0 amide bonds. The number of hydrogen-bond donors (Lipinski definition) is 0. The number of ether oxygens (including phenoxy) is 1. The number of fused-ring (bicyclic) bond motifs is 1. The van der Waals surface area contributed by atoms with Gasteiger partial charge in [0.1, 0.15) is 11.6 Å². The van der Waals surface area contributed by atoms with E-state index in [9.17, 15) is 4.39 Å². The molecule has 25 heavy (non-hydrogen) atoms. The third kappa shape index (κ3) is 2.79. The number of aromatic nitrogens is 5. The van der Waals surface area contributed by atoms with Crippen LogP contribution in [0.25, 0.3) is 5.95 Å². The predicted octanol–water partition coefficient (Wildman–Crippen LogP) is 2.33. The lowest BCUT2D eigenvalue weighted by atomic mass is 9.99. The topological polar surface area (TPSA) is 69.0 Å². The van der Waals surface area contributed by atoms with E-state index in [2.05, 4.69) is 20.1 Å². The van der Waals surface area contributed by atoms with Crippen LogP contribution in [0.15, 0.2) is 36.8 Å². The Morgan fingerprint density at radius 3 is 2.92 bits per heavy atom. The smallest absolute Gasteiger partial charge is 0.250 e. The molecule has 0 aromatic carbocycles. The lowest BCUT2D eigenvalue weighted by Gasteiger charge is -2.35. The molecule has 0 saturated carbocycles. The predicted molar refractivity (Wildman–Crippen MR) is 89.4 cm³/mol. The molecule has 3 aromatic heterocycles. The van der Waals surface area contributed by atoms with Crippen molar-refractivity contribution in [3.8, 4) is 11.7 Å². The van der Waals surface area contributed by atoms with E-state index in [0.717, 1.165) is 17.7 Å². The molecular weight excluding hydrogens is 323 g/mol. The van der Waals surface area contributed by atoms with Crippen LogP contribution in [0.4, 0.5) is 10.2 Å². The van der Waals surface area contributed by atoms with Crippen molar-refractivity contribution >= 4 is 5.82 Å². The highest BCUT2D eigenvalue weighted by Gasteiger charge is 2.27. The summed E-state index contributed by atoms with van der Waals surface area (Å²) in [6, 6.07) is 4.82. The van der Waals surface area contributed by atoms with E-state index in [0.29, 0.717) is 24.1 Å². The van der Waals surface area contributed by atoms with Crippen LogP contribution < -0.4 is 9.64 Å². The number of pyridine rings is 1. The highest BCUT2D eigenvalue weighted by molar-refractivity contribution is 5.48. The molecule has 0 spiro atoms. The Kier molecular flexibility index (Phi) is 3.79. The summed E-state index contributed by atoms with van der Waals surface area (Å²) in [6.45, 7) is 2.72. The fraction of sp³-hybridized carbons (Fsp3) is 0.294. The Balaban J connectivity index is 1.67. The first-order valence-corrected chi connectivity index (χ1v) is 8.00. The Morgan fingerprint density at radius 1 is 1.28 bits per heavy atom. The molecule has 8 heteroatoms. The molecule has 0 saturated heterocycles. The summed E-state index contributed by atoms with van der Waals surface area (Å²) in [7, 11) is 1.51. The summed E-state index contributed by atoms with van der Waals surface area (Å²) in [5.41, 5.74) is 1.99. The van der Waals surface area contributed by atoms with Gasteiger partial charge in [0.15, 0.2) is 0 Å². The molecule has 1 aliphatic rings. The fourth-order valence-corrected chi connectivity index (χ4v) is 3.09. The van der Waals surface area contributed by atoms with Crippen LogP contribution in [-0.4, -0.2) is 38.4 Å². The molecule has 3 aromatic rings. The zero-order valence-electron chi connectivity index (χ0n) is 13.9. The van der Waals surface area contributed by atoms with E-state index in [1.54, 1.807) is 16.9 Å². The zero-order valence-corrected chi connectivity index (χ0v) is 13.9. The van der Waals surface area contributed by atoms with E-state index in [1.165, 1.54) is 13.2 Å². The van der Waals surface area contributed by atoms with Crippen LogP contribution >= 0.6 is 0 Å². The monoisotopic (exact) mass is 340 g/mol. The van der Waals surface area contributed by atoms with Crippen molar-refractivity contribution in [3.63, 3.8) is 0 Å². The highest BCUT2D eigenvalue weighted by atomic mass is 19.1. The van der Waals surface area contributed by atoms with Gasteiger partial charge in [-0.1, -0.05) is 0 Å². The van der Waals surface area contributed by atoms with Gasteiger partial charge in [0, 0.05) is 49.3 Å². The third-order valence-corrected chi connectivity index (χ3v) is 4.39. The van der Waals surface area contributed by atoms with Crippen LogP contribution in [0.5, 0.6) is 5.75 Å². The van der Waals surface area contributed by atoms with Gasteiger partial charge in [0.2, 0.25) is 5.95 Å². The van der Waals surface area contributed by atoms with Crippen molar-refractivity contribution in [2.24, 2.45) is 0 Å². The van der Waals surface area contributed by atoms with Gasteiger partial charge in [-0.05, 0) is 13.0 Å². The Hall–Kier alpha value is -3.03. The molecule has 0 N–H and O–H groups in total. The normalized spacial score (nSPS) is 16.6. The molecule has 0 bridgehead atoms. The van der Waals surface area contributed by atoms with Crippen molar-refractivity contribution < 1.29 is 9.13 Å². The number of anilines is 1. The summed E-state index contributed by atoms with van der Waals surface area (Å²) >= 11 is 0. The first-order valence-electron chi connectivity index (χ1n) is 8.00. The molecule has 1 aliphatic heterocycles. The molecular formula is C17H17FN6O. The number of halogens is 1. The highest BCUT2D eigenvalue weighted by Crippen LogP contribution is 2.33. The lowest BCUT2D eigenvalue weighted by Crippen LogP contribution is -2.35. The summed E-state index contributed by atoms with van der Waals surface area (Å²) in [4.78, 5) is 15.1. The van der Waals surface area contributed by atoms with E-state index in [-0.39, 0.29) is 6.04 Å². The summed E-state index contributed by atoms with van der Waals surface area (Å²) < 4.78 is 20.5. The van der Waals surface area contributed by atoms with Gasteiger partial charge in [0.05, 0.1) is 18.8 Å². The van der Waals surface area contributed by atoms with Crippen LogP contribution in [0.2, 0.25) is 0 Å². The minimum Gasteiger partial charge on any atom is -0.496 e. The van der Waals surface area contributed by atoms with Crippen LogP contribution in [0.3, 0.4) is 0 Å². The average molecular weight is 340 g/mol. The van der Waals surface area contributed by atoms with Gasteiger partial charge in [-0.15, -0.1) is 0 Å². The van der Waals surface area contributed by atoms with Crippen LogP contribution in [-0.2, 0) is 6.42 Å². The van der Waals surface area contributed by atoms with Gasteiger partial charge in [-0.3, -0.25) is 0 Å². The zero-order chi connectivity index (χ0) is 17.4. The second-order valence-corrected chi connectivity index (χ2v) is 5.83. The summed E-state index contributed by atoms with van der Waals surface area (Å²) in [5, 5.41) is 4.16. The SMILES string of the molecule is COc1cc(F)nc(N2CCc3nc(-n4cccn4)ncc3C2C)c1. The number of rotatable bonds is 3. The standard InChI is InChI=1S/C17H17FN6O/c1-11-13-10-19-17(24-6-3-5-20-24)21-14(13)4-7-23(11)16-9-12(25-2)8-15(18)22-16/h3,5-6,8-11H,4,7H2,1-2H3. The summed E-state index contributed by atoms with van der Waals surface area (Å²) in [6.07, 6.45) is 6.03. The third-order valence-electron chi connectivity index (χ3n) is 4.39. The van der Waals surface area contributed by atoms with Gasteiger partial charge in [0.25, 0.3) is 5.95 Å². The van der Waals surface area contributed by atoms with E-state index in [4.69, 9.17) is 4.74 Å². The van der Waals surface area contributed by atoms with Gasteiger partial charge >= 0.3 is 0 Å². The molecule has 128 valence electrons. The van der Waals surface area contributed by atoms with Crippen LogP contribution in [0, 0.1) is 5.95 Å². The lowest BCUT2D eigenvalue weighted by molar-refractivity contribution is 0.408. The number of hydrogen-bond acceptors (Lipinski definition) is 6. The molecule has 4 heterocycles. The minimum absolute atomic E-state index is 0.0190. The van der Waals surface area contributed by atoms with Gasteiger partial charge < -0.3 is 9.64 Å². The minimum atomic E-state index is -0.558. The molecule has 7 nitrogen and oxygen atoms in total. The first-order chi connectivity index (χ1) is 12.2. The molecule has 0 radical (unpaired) electrons. The molecule has 1 atom stereocenters. The molecule has 0 fully saturated rings. The second-order valence-electron chi connectivity index (χ2n) is 5.83. The first kappa shape index (κ1) is 15.5. The van der Waals surface area contributed by atoms with Crippen molar-refractivity contribution in [2.45, 2.75) is 19.4 Å². The quantitative estimate of drug-likeness (QED) is 0.682. The Morgan fingerprint density at radius 2 is 2.16 bits per heavy atom. The van der Waals surface area contributed by atoms with Crippen molar-refractivity contribution in [1.29, 1.82) is 0 Å². The maximum Gasteiger partial charge on any atom is 0.250 e. The maximum atomic E-state index is 13.8. The van der Waals surface area contributed by atoms with E-state index < -0.39 is 5.95 Å². The number of methoxy groups -OCH3 is 1. The van der Waals surface area contributed by atoms with Crippen molar-refractivity contribution in [3.05, 3.63) is 54.0 Å². The number of nitrogens with zero attached hydrogens (tertiary/aromatic N) is 6. The van der Waals surface area contributed by atoms with Crippen molar-refractivity contribution in [1.82, 2.24) is 24.7 Å². The Labute approximate surface area is 144 Å².